The number of amides is 1. The molecule has 1 aliphatic heterocycles. The minimum Gasteiger partial charge on any atom is -0.476 e. The third-order valence-electron chi connectivity index (χ3n) is 2.39. The summed E-state index contributed by atoms with van der Waals surface area (Å²) >= 11 is 0. The smallest absolute Gasteiger partial charge is 0.231 e. The molecule has 0 radical (unpaired) electrons. The molecule has 94 valence electrons. The molecular weight excluding hydrogens is 232 g/mol. The van der Waals surface area contributed by atoms with Crippen LogP contribution in [0.4, 0.5) is 5.69 Å². The summed E-state index contributed by atoms with van der Waals surface area (Å²) < 4.78 is 5.35. The van der Waals surface area contributed by atoms with E-state index in [-0.39, 0.29) is 18.1 Å². The first kappa shape index (κ1) is 12.3. The summed E-state index contributed by atoms with van der Waals surface area (Å²) in [6.45, 7) is 2.64. The van der Waals surface area contributed by atoms with E-state index in [1.807, 2.05) is 12.1 Å². The topological polar surface area (TPSA) is 67.8 Å². The lowest BCUT2D eigenvalue weighted by molar-refractivity contribution is -0.124. The highest BCUT2D eigenvalue weighted by Crippen LogP contribution is 2.14. The number of hydrogen-bond acceptors (Lipinski definition) is 4. The van der Waals surface area contributed by atoms with Crippen molar-refractivity contribution in [2.45, 2.75) is 13.3 Å². The summed E-state index contributed by atoms with van der Waals surface area (Å²) in [5.74, 6) is 0.124. The number of hydrogen-bond donors (Lipinski definition) is 1. The SMILES string of the molecule is CC(=O)CC(=O)Nc1cccc(C2=NCCO2)c1. The van der Waals surface area contributed by atoms with E-state index in [4.69, 9.17) is 4.74 Å². The van der Waals surface area contributed by atoms with Gasteiger partial charge in [-0.1, -0.05) is 6.07 Å². The number of carbonyl (C=O) groups is 2. The van der Waals surface area contributed by atoms with Crippen LogP contribution in [0.15, 0.2) is 29.3 Å². The molecule has 1 heterocycles. The molecule has 0 spiro atoms. The lowest BCUT2D eigenvalue weighted by Gasteiger charge is -2.06. The Labute approximate surface area is 105 Å². The molecule has 1 N–H and O–H groups in total. The van der Waals surface area contributed by atoms with Gasteiger partial charge in [0.25, 0.3) is 0 Å². The number of ether oxygens (including phenoxy) is 1. The number of aliphatic imine (C=N–C) groups is 1. The number of benzene rings is 1. The van der Waals surface area contributed by atoms with Crippen LogP contribution in [0.2, 0.25) is 0 Å². The first-order valence-corrected chi connectivity index (χ1v) is 5.72. The van der Waals surface area contributed by atoms with E-state index in [1.165, 1.54) is 6.92 Å². The van der Waals surface area contributed by atoms with Crippen LogP contribution in [-0.4, -0.2) is 30.7 Å². The normalized spacial score (nSPS) is 13.7. The van der Waals surface area contributed by atoms with Crippen molar-refractivity contribution in [3.8, 4) is 0 Å². The Morgan fingerprint density at radius 1 is 1.44 bits per heavy atom. The number of nitrogens with one attached hydrogen (secondary N) is 1. The number of ketones is 1. The van der Waals surface area contributed by atoms with Gasteiger partial charge >= 0.3 is 0 Å². The molecule has 1 amide bonds. The molecule has 0 bridgehead atoms. The van der Waals surface area contributed by atoms with Gasteiger partial charge in [-0.2, -0.15) is 0 Å². The van der Waals surface area contributed by atoms with Gasteiger partial charge in [0.1, 0.15) is 12.4 Å². The van der Waals surface area contributed by atoms with Crippen molar-refractivity contribution in [3.05, 3.63) is 29.8 Å². The molecule has 0 saturated carbocycles. The van der Waals surface area contributed by atoms with Crippen LogP contribution in [0.3, 0.4) is 0 Å². The van der Waals surface area contributed by atoms with Gasteiger partial charge < -0.3 is 10.1 Å². The lowest BCUT2D eigenvalue weighted by atomic mass is 10.2. The van der Waals surface area contributed by atoms with Crippen LogP contribution >= 0.6 is 0 Å². The van der Waals surface area contributed by atoms with Crippen molar-refractivity contribution < 1.29 is 14.3 Å². The maximum atomic E-state index is 11.5. The minimum absolute atomic E-state index is 0.109. The predicted octanol–water partition coefficient (Wildman–Crippen LogP) is 1.38. The number of rotatable bonds is 4. The molecular formula is C13H14N2O3. The first-order chi connectivity index (χ1) is 8.65. The Bertz CT molecular complexity index is 509. The van der Waals surface area contributed by atoms with Crippen LogP contribution in [0, 0.1) is 0 Å². The molecule has 5 nitrogen and oxygen atoms in total. The molecule has 0 fully saturated rings. The highest BCUT2D eigenvalue weighted by Gasteiger charge is 2.11. The molecule has 0 atom stereocenters. The van der Waals surface area contributed by atoms with Crippen LogP contribution in [0.1, 0.15) is 18.9 Å². The lowest BCUT2D eigenvalue weighted by Crippen LogP contribution is -2.15. The molecule has 18 heavy (non-hydrogen) atoms. The Hall–Kier alpha value is -2.17. The maximum absolute atomic E-state index is 11.5. The fraction of sp³-hybridized carbons (Fsp3) is 0.308. The van der Waals surface area contributed by atoms with Gasteiger partial charge in [0.2, 0.25) is 11.8 Å². The summed E-state index contributed by atoms with van der Waals surface area (Å²) in [6.07, 6.45) is -0.109. The quantitative estimate of drug-likeness (QED) is 0.816. The fourth-order valence-corrected chi connectivity index (χ4v) is 1.67. The largest absolute Gasteiger partial charge is 0.476 e. The van der Waals surface area contributed by atoms with Crippen molar-refractivity contribution >= 4 is 23.3 Å². The van der Waals surface area contributed by atoms with Crippen molar-refractivity contribution in [1.82, 2.24) is 0 Å². The number of carbonyl (C=O) groups excluding carboxylic acids is 2. The second-order valence-electron chi connectivity index (χ2n) is 4.04. The van der Waals surface area contributed by atoms with Crippen molar-refractivity contribution in [2.24, 2.45) is 4.99 Å². The summed E-state index contributed by atoms with van der Waals surface area (Å²) in [7, 11) is 0. The molecule has 5 heteroatoms. The summed E-state index contributed by atoms with van der Waals surface area (Å²) in [4.78, 5) is 26.5. The van der Waals surface area contributed by atoms with Gasteiger partial charge in [-0.25, -0.2) is 4.99 Å². The van der Waals surface area contributed by atoms with Crippen molar-refractivity contribution in [3.63, 3.8) is 0 Å². The van der Waals surface area contributed by atoms with Crippen LogP contribution in [0.25, 0.3) is 0 Å². The van der Waals surface area contributed by atoms with Crippen LogP contribution < -0.4 is 5.32 Å². The van der Waals surface area contributed by atoms with Crippen LogP contribution in [0.5, 0.6) is 0 Å². The highest BCUT2D eigenvalue weighted by atomic mass is 16.5. The molecule has 1 aromatic rings. The van der Waals surface area contributed by atoms with Crippen molar-refractivity contribution in [1.29, 1.82) is 0 Å². The van der Waals surface area contributed by atoms with E-state index < -0.39 is 0 Å². The molecule has 1 aliphatic rings. The second-order valence-corrected chi connectivity index (χ2v) is 4.04. The number of anilines is 1. The monoisotopic (exact) mass is 246 g/mol. The van der Waals surface area contributed by atoms with E-state index in [1.54, 1.807) is 12.1 Å². The minimum atomic E-state index is -0.311. The third-order valence-corrected chi connectivity index (χ3v) is 2.39. The maximum Gasteiger partial charge on any atom is 0.231 e. The van der Waals surface area contributed by atoms with E-state index in [0.717, 1.165) is 5.56 Å². The molecule has 1 aromatic carbocycles. The second kappa shape index (κ2) is 5.44. The zero-order valence-electron chi connectivity index (χ0n) is 10.1. The van der Waals surface area contributed by atoms with Gasteiger partial charge in [-0.3, -0.25) is 9.59 Å². The van der Waals surface area contributed by atoms with Gasteiger partial charge in [-0.05, 0) is 25.1 Å². The summed E-state index contributed by atoms with van der Waals surface area (Å²) in [5.41, 5.74) is 1.46. The highest BCUT2D eigenvalue weighted by molar-refractivity contribution is 6.04. The zero-order chi connectivity index (χ0) is 13.0. The standard InChI is InChI=1S/C13H14N2O3/c1-9(16)7-12(17)15-11-4-2-3-10(8-11)13-14-5-6-18-13/h2-4,8H,5-7H2,1H3,(H,15,17). The molecule has 0 unspecified atom stereocenters. The fourth-order valence-electron chi connectivity index (χ4n) is 1.67. The van der Waals surface area contributed by atoms with Crippen molar-refractivity contribution in [2.75, 3.05) is 18.5 Å². The van der Waals surface area contributed by atoms with Gasteiger partial charge in [0.15, 0.2) is 0 Å². The van der Waals surface area contributed by atoms with E-state index in [0.29, 0.717) is 24.7 Å². The van der Waals surface area contributed by atoms with E-state index in [9.17, 15) is 9.59 Å². The molecule has 0 aliphatic carbocycles. The average Bonchev–Trinajstić information content (AvgIpc) is 2.81. The Kier molecular flexibility index (Phi) is 3.72. The van der Waals surface area contributed by atoms with Gasteiger partial charge in [-0.15, -0.1) is 0 Å². The predicted molar refractivity (Wildman–Crippen MR) is 67.7 cm³/mol. The van der Waals surface area contributed by atoms with Crippen LogP contribution in [-0.2, 0) is 14.3 Å². The number of nitrogens with zero attached hydrogens (tertiary/aromatic N) is 1. The number of Topliss-reactive ketones (excluding diaryl/α,β-unsaturated/α-hetero) is 1. The molecule has 0 saturated heterocycles. The Morgan fingerprint density at radius 2 is 2.28 bits per heavy atom. The summed E-state index contributed by atoms with van der Waals surface area (Å²) in [6, 6.07) is 7.22. The van der Waals surface area contributed by atoms with E-state index in [2.05, 4.69) is 10.3 Å². The summed E-state index contributed by atoms with van der Waals surface area (Å²) in [5, 5.41) is 2.67. The average molecular weight is 246 g/mol. The third kappa shape index (κ3) is 3.16. The first-order valence-electron chi connectivity index (χ1n) is 5.72. The van der Waals surface area contributed by atoms with Gasteiger partial charge in [0, 0.05) is 11.3 Å². The molecule has 0 aromatic heterocycles. The Morgan fingerprint density at radius 3 is 2.94 bits per heavy atom. The Balaban J connectivity index is 2.07. The molecule has 2 rings (SSSR count). The van der Waals surface area contributed by atoms with Gasteiger partial charge in [0.05, 0.1) is 13.0 Å². The zero-order valence-corrected chi connectivity index (χ0v) is 10.1. The van der Waals surface area contributed by atoms with E-state index >= 15 is 0 Å².